The van der Waals surface area contributed by atoms with Gasteiger partial charge in [0.05, 0.1) is 6.10 Å². The Kier molecular flexibility index (Phi) is 10.5. The van der Waals surface area contributed by atoms with E-state index in [9.17, 15) is 19.5 Å². The highest BCUT2D eigenvalue weighted by molar-refractivity contribution is 5.82. The van der Waals surface area contributed by atoms with Crippen molar-refractivity contribution in [2.75, 3.05) is 19.8 Å². The molecule has 41 heavy (non-hydrogen) atoms. The van der Waals surface area contributed by atoms with Gasteiger partial charge in [0, 0.05) is 12.5 Å². The summed E-state index contributed by atoms with van der Waals surface area (Å²) in [5.74, 6) is -0.810. The SMILES string of the molecule is C=CCOC(=O)[C@H](CCC(O)CNC(=O)OCc1ccccc1)NC(=O)OCC1c2ccccc2-c2ccccc21. The Bertz CT molecular complexity index is 1300. The highest BCUT2D eigenvalue weighted by Gasteiger charge is 2.30. The molecule has 0 aliphatic heterocycles. The third kappa shape index (κ3) is 8.18. The van der Waals surface area contributed by atoms with E-state index in [0.717, 1.165) is 27.8 Å². The van der Waals surface area contributed by atoms with Crippen LogP contribution < -0.4 is 10.6 Å². The molecular formula is C32H34N2O7. The van der Waals surface area contributed by atoms with Gasteiger partial charge in [0.25, 0.3) is 0 Å². The highest BCUT2D eigenvalue weighted by Crippen LogP contribution is 2.44. The highest BCUT2D eigenvalue weighted by atomic mass is 16.6. The Hall–Kier alpha value is -4.63. The molecule has 1 unspecified atom stereocenters. The number of carbonyl (C=O) groups excluding carboxylic acids is 3. The summed E-state index contributed by atoms with van der Waals surface area (Å²) in [6.45, 7) is 3.60. The van der Waals surface area contributed by atoms with Crippen LogP contribution in [-0.4, -0.2) is 55.2 Å². The number of amides is 2. The lowest BCUT2D eigenvalue weighted by atomic mass is 9.98. The Balaban J connectivity index is 1.27. The van der Waals surface area contributed by atoms with Gasteiger partial charge in [-0.1, -0.05) is 91.5 Å². The van der Waals surface area contributed by atoms with Crippen molar-refractivity contribution in [3.8, 4) is 11.1 Å². The van der Waals surface area contributed by atoms with Crippen molar-refractivity contribution in [3.05, 3.63) is 108 Å². The number of aliphatic hydroxyl groups excluding tert-OH is 1. The second-order valence-electron chi connectivity index (χ2n) is 9.61. The van der Waals surface area contributed by atoms with Crippen molar-refractivity contribution in [3.63, 3.8) is 0 Å². The largest absolute Gasteiger partial charge is 0.460 e. The summed E-state index contributed by atoms with van der Waals surface area (Å²) in [6, 6.07) is 24.1. The maximum atomic E-state index is 12.8. The van der Waals surface area contributed by atoms with Gasteiger partial charge in [-0.25, -0.2) is 14.4 Å². The quantitative estimate of drug-likeness (QED) is 0.158. The van der Waals surface area contributed by atoms with Crippen LogP contribution in [-0.2, 0) is 25.6 Å². The number of hydrogen-bond acceptors (Lipinski definition) is 7. The number of nitrogens with one attached hydrogen (secondary N) is 2. The zero-order valence-electron chi connectivity index (χ0n) is 22.7. The Morgan fingerprint density at radius 2 is 1.46 bits per heavy atom. The van der Waals surface area contributed by atoms with E-state index in [1.165, 1.54) is 6.08 Å². The van der Waals surface area contributed by atoms with Crippen LogP contribution in [0.15, 0.2) is 91.5 Å². The van der Waals surface area contributed by atoms with Gasteiger partial charge in [0.1, 0.15) is 25.9 Å². The van der Waals surface area contributed by atoms with Crippen LogP contribution in [0.5, 0.6) is 0 Å². The minimum Gasteiger partial charge on any atom is -0.460 e. The van der Waals surface area contributed by atoms with Crippen molar-refractivity contribution in [1.82, 2.24) is 10.6 Å². The third-order valence-electron chi connectivity index (χ3n) is 6.75. The fourth-order valence-electron chi connectivity index (χ4n) is 4.71. The summed E-state index contributed by atoms with van der Waals surface area (Å²) in [5.41, 5.74) is 5.19. The molecule has 0 saturated carbocycles. The normalized spacial score (nSPS) is 13.2. The number of aliphatic hydroxyl groups is 1. The first-order valence-electron chi connectivity index (χ1n) is 13.5. The topological polar surface area (TPSA) is 123 Å². The van der Waals surface area contributed by atoms with Gasteiger partial charge in [-0.3, -0.25) is 0 Å². The van der Waals surface area contributed by atoms with Crippen LogP contribution in [0.2, 0.25) is 0 Å². The number of rotatable bonds is 13. The van der Waals surface area contributed by atoms with Gasteiger partial charge in [-0.15, -0.1) is 0 Å². The van der Waals surface area contributed by atoms with Gasteiger partial charge in [0.2, 0.25) is 0 Å². The van der Waals surface area contributed by atoms with Crippen molar-refractivity contribution in [1.29, 1.82) is 0 Å². The summed E-state index contributed by atoms with van der Waals surface area (Å²) in [7, 11) is 0. The monoisotopic (exact) mass is 558 g/mol. The zero-order valence-corrected chi connectivity index (χ0v) is 22.7. The Morgan fingerprint density at radius 1 is 0.829 bits per heavy atom. The minimum atomic E-state index is -1.06. The van der Waals surface area contributed by atoms with Gasteiger partial charge in [0.15, 0.2) is 0 Å². The average molecular weight is 559 g/mol. The van der Waals surface area contributed by atoms with Gasteiger partial charge in [-0.05, 0) is 40.7 Å². The molecule has 0 spiro atoms. The van der Waals surface area contributed by atoms with Crippen LogP contribution in [0.3, 0.4) is 0 Å². The van der Waals surface area contributed by atoms with Crippen molar-refractivity contribution >= 4 is 18.2 Å². The zero-order chi connectivity index (χ0) is 29.0. The predicted molar refractivity (Wildman–Crippen MR) is 153 cm³/mol. The van der Waals surface area contributed by atoms with Crippen LogP contribution in [0, 0.1) is 0 Å². The molecular weight excluding hydrogens is 524 g/mol. The summed E-state index contributed by atoms with van der Waals surface area (Å²) >= 11 is 0. The fraction of sp³-hybridized carbons (Fsp3) is 0.281. The molecule has 214 valence electrons. The van der Waals surface area contributed by atoms with Crippen LogP contribution in [0.4, 0.5) is 9.59 Å². The maximum Gasteiger partial charge on any atom is 0.407 e. The number of ether oxygens (including phenoxy) is 3. The molecule has 9 heteroatoms. The fourth-order valence-corrected chi connectivity index (χ4v) is 4.71. The molecule has 0 saturated heterocycles. The van der Waals surface area contributed by atoms with Gasteiger partial charge in [-0.2, -0.15) is 0 Å². The number of benzene rings is 3. The van der Waals surface area contributed by atoms with Gasteiger partial charge < -0.3 is 30.0 Å². The molecule has 0 aromatic heterocycles. The van der Waals surface area contributed by atoms with E-state index in [4.69, 9.17) is 14.2 Å². The van der Waals surface area contributed by atoms with E-state index >= 15 is 0 Å². The average Bonchev–Trinajstić information content (AvgIpc) is 3.32. The molecule has 3 N–H and O–H groups in total. The molecule has 9 nitrogen and oxygen atoms in total. The van der Waals surface area contributed by atoms with E-state index in [1.54, 1.807) is 0 Å². The number of fused-ring (bicyclic) bond motifs is 3. The lowest BCUT2D eigenvalue weighted by Crippen LogP contribution is -2.43. The van der Waals surface area contributed by atoms with Gasteiger partial charge >= 0.3 is 18.2 Å². The molecule has 3 aromatic rings. The molecule has 1 aliphatic rings. The molecule has 1 aliphatic carbocycles. The van der Waals surface area contributed by atoms with Crippen LogP contribution in [0.1, 0.15) is 35.4 Å². The second kappa shape index (κ2) is 14.7. The van der Waals surface area contributed by atoms with E-state index in [-0.39, 0.29) is 45.1 Å². The Labute approximate surface area is 239 Å². The molecule has 4 rings (SSSR count). The predicted octanol–water partition coefficient (Wildman–Crippen LogP) is 4.69. The first-order chi connectivity index (χ1) is 20.0. The smallest absolute Gasteiger partial charge is 0.407 e. The molecule has 2 amide bonds. The van der Waals surface area contributed by atoms with E-state index in [0.29, 0.717) is 0 Å². The number of esters is 1. The van der Waals surface area contributed by atoms with Crippen LogP contribution in [0.25, 0.3) is 11.1 Å². The molecule has 0 bridgehead atoms. The molecule has 0 heterocycles. The van der Waals surface area contributed by atoms with E-state index in [2.05, 4.69) is 17.2 Å². The standard InChI is InChI=1S/C32H34N2O7/c1-2-18-39-30(36)29(17-16-23(35)19-33-31(37)40-20-22-10-4-3-5-11-22)34-32(38)41-21-28-26-14-8-6-12-24(26)25-13-7-9-15-27(25)28/h2-15,23,28-29,35H,1,16-21H2,(H,33,37)(H,34,38)/t23?,29-/m0/s1. The van der Waals surface area contributed by atoms with E-state index < -0.39 is 30.3 Å². The van der Waals surface area contributed by atoms with Crippen LogP contribution >= 0.6 is 0 Å². The third-order valence-corrected chi connectivity index (χ3v) is 6.75. The molecule has 0 radical (unpaired) electrons. The van der Waals surface area contributed by atoms with Crippen molar-refractivity contribution in [2.45, 2.75) is 37.5 Å². The second-order valence-corrected chi connectivity index (χ2v) is 9.61. The summed E-state index contributed by atoms with van der Waals surface area (Å²) < 4.78 is 15.8. The van der Waals surface area contributed by atoms with Crippen molar-refractivity contribution < 1.29 is 33.7 Å². The first-order valence-corrected chi connectivity index (χ1v) is 13.5. The summed E-state index contributed by atoms with van der Waals surface area (Å²) in [4.78, 5) is 37.3. The molecule has 2 atom stereocenters. The number of carbonyl (C=O) groups is 3. The minimum absolute atomic E-state index is 0.0287. The number of alkyl carbamates (subject to hydrolysis) is 2. The molecule has 0 fully saturated rings. The first kappa shape index (κ1) is 29.4. The molecule has 3 aromatic carbocycles. The Morgan fingerprint density at radius 3 is 2.12 bits per heavy atom. The summed E-state index contributed by atoms with van der Waals surface area (Å²) in [6.07, 6.45) is -0.866. The lowest BCUT2D eigenvalue weighted by Gasteiger charge is -2.20. The lowest BCUT2D eigenvalue weighted by molar-refractivity contribution is -0.145. The van der Waals surface area contributed by atoms with Crippen molar-refractivity contribution in [2.24, 2.45) is 0 Å². The summed E-state index contributed by atoms with van der Waals surface area (Å²) in [5, 5.41) is 15.4. The van der Waals surface area contributed by atoms with E-state index in [1.807, 2.05) is 78.9 Å². The maximum absolute atomic E-state index is 12.8. The number of hydrogen-bond donors (Lipinski definition) is 3.